The molecule has 1 saturated carbocycles. The maximum Gasteiger partial charge on any atom is 0.233 e. The molecule has 0 N–H and O–H groups in total. The standard InChI is InChI=1S/C15H19N5O2S/c1-19(9-11-5-3-4-6-13(11)22-2)14(21)10-23-15-16-17-18-20(15)12-7-8-12/h3-6,12H,7-10H2,1-2H3. The van der Waals surface area contributed by atoms with Crippen LogP contribution in [0.1, 0.15) is 24.4 Å². The van der Waals surface area contributed by atoms with E-state index in [0.29, 0.717) is 23.5 Å². The number of hydrogen-bond donors (Lipinski definition) is 0. The Morgan fingerprint density at radius 2 is 2.22 bits per heavy atom. The molecule has 7 nitrogen and oxygen atoms in total. The van der Waals surface area contributed by atoms with Crippen molar-refractivity contribution in [3.05, 3.63) is 29.8 Å². The van der Waals surface area contributed by atoms with Gasteiger partial charge in [-0.2, -0.15) is 0 Å². The smallest absolute Gasteiger partial charge is 0.233 e. The summed E-state index contributed by atoms with van der Waals surface area (Å²) in [6, 6.07) is 8.12. The maximum absolute atomic E-state index is 12.3. The average molecular weight is 333 g/mol. The number of tetrazole rings is 1. The zero-order valence-corrected chi connectivity index (χ0v) is 14.0. The molecule has 1 aliphatic carbocycles. The van der Waals surface area contributed by atoms with Gasteiger partial charge in [-0.3, -0.25) is 4.79 Å². The fourth-order valence-electron chi connectivity index (χ4n) is 2.24. The van der Waals surface area contributed by atoms with Crippen molar-refractivity contribution in [2.24, 2.45) is 0 Å². The van der Waals surface area contributed by atoms with Crippen molar-refractivity contribution >= 4 is 17.7 Å². The molecule has 122 valence electrons. The normalized spacial score (nSPS) is 13.8. The van der Waals surface area contributed by atoms with Gasteiger partial charge in [0.05, 0.1) is 18.9 Å². The van der Waals surface area contributed by atoms with Crippen molar-refractivity contribution in [2.75, 3.05) is 19.9 Å². The maximum atomic E-state index is 12.3. The van der Waals surface area contributed by atoms with Gasteiger partial charge in [0.2, 0.25) is 11.1 Å². The summed E-state index contributed by atoms with van der Waals surface area (Å²) < 4.78 is 7.14. The molecule has 0 saturated heterocycles. The Balaban J connectivity index is 1.56. The van der Waals surface area contributed by atoms with Gasteiger partial charge in [0.25, 0.3) is 0 Å². The van der Waals surface area contributed by atoms with Crippen LogP contribution < -0.4 is 4.74 Å². The lowest BCUT2D eigenvalue weighted by Gasteiger charge is -2.18. The van der Waals surface area contributed by atoms with Crippen LogP contribution in [0.5, 0.6) is 5.75 Å². The van der Waals surface area contributed by atoms with E-state index >= 15 is 0 Å². The largest absolute Gasteiger partial charge is 0.496 e. The third-order valence-corrected chi connectivity index (χ3v) is 4.62. The van der Waals surface area contributed by atoms with E-state index in [0.717, 1.165) is 24.2 Å². The summed E-state index contributed by atoms with van der Waals surface area (Å²) in [4.78, 5) is 14.0. The first-order chi connectivity index (χ1) is 11.2. The Morgan fingerprint density at radius 3 is 2.96 bits per heavy atom. The number of carbonyl (C=O) groups excluding carboxylic acids is 1. The molecule has 0 aliphatic heterocycles. The number of para-hydroxylation sites is 1. The molecule has 2 aromatic rings. The number of carbonyl (C=O) groups is 1. The van der Waals surface area contributed by atoms with Crippen molar-refractivity contribution in [1.29, 1.82) is 0 Å². The van der Waals surface area contributed by atoms with Crippen LogP contribution in [-0.4, -0.2) is 50.9 Å². The summed E-state index contributed by atoms with van der Waals surface area (Å²) in [7, 11) is 3.42. The molecule has 0 bridgehead atoms. The fourth-order valence-corrected chi connectivity index (χ4v) is 3.13. The first-order valence-electron chi connectivity index (χ1n) is 7.45. The first-order valence-corrected chi connectivity index (χ1v) is 8.44. The number of thioether (sulfide) groups is 1. The van der Waals surface area contributed by atoms with Crippen LogP contribution >= 0.6 is 11.8 Å². The van der Waals surface area contributed by atoms with Gasteiger partial charge in [0, 0.05) is 19.2 Å². The van der Waals surface area contributed by atoms with Crippen molar-refractivity contribution in [3.8, 4) is 5.75 Å². The summed E-state index contributed by atoms with van der Waals surface area (Å²) in [5.74, 6) is 1.14. The molecule has 1 aromatic carbocycles. The Hall–Kier alpha value is -2.09. The molecule has 0 radical (unpaired) electrons. The molecule has 1 aromatic heterocycles. The number of ether oxygens (including phenoxy) is 1. The Kier molecular flexibility index (Phi) is 4.80. The van der Waals surface area contributed by atoms with E-state index in [4.69, 9.17) is 4.74 Å². The highest BCUT2D eigenvalue weighted by Gasteiger charge is 2.28. The fraction of sp³-hybridized carbons (Fsp3) is 0.467. The molecular formula is C15H19N5O2S. The molecule has 0 unspecified atom stereocenters. The average Bonchev–Trinajstić information content (AvgIpc) is 3.31. The first kappa shape index (κ1) is 15.8. The van der Waals surface area contributed by atoms with Gasteiger partial charge in [-0.1, -0.05) is 30.0 Å². The number of rotatable bonds is 7. The van der Waals surface area contributed by atoms with Crippen LogP contribution in [0, 0.1) is 0 Å². The molecule has 8 heteroatoms. The molecule has 0 atom stereocenters. The monoisotopic (exact) mass is 333 g/mol. The molecule has 0 spiro atoms. The third kappa shape index (κ3) is 3.82. The number of methoxy groups -OCH3 is 1. The van der Waals surface area contributed by atoms with Crippen molar-refractivity contribution < 1.29 is 9.53 Å². The Labute approximate surface area is 139 Å². The van der Waals surface area contributed by atoms with Gasteiger partial charge < -0.3 is 9.64 Å². The highest BCUT2D eigenvalue weighted by Crippen LogP contribution is 2.36. The molecule has 3 rings (SSSR count). The quantitative estimate of drug-likeness (QED) is 0.719. The van der Waals surface area contributed by atoms with Gasteiger partial charge in [0.1, 0.15) is 5.75 Å². The minimum atomic E-state index is 0.0336. The lowest BCUT2D eigenvalue weighted by Crippen LogP contribution is -2.28. The molecular weight excluding hydrogens is 314 g/mol. The number of hydrogen-bond acceptors (Lipinski definition) is 6. The molecule has 1 amide bonds. The van der Waals surface area contributed by atoms with E-state index in [9.17, 15) is 4.79 Å². The highest BCUT2D eigenvalue weighted by atomic mass is 32.2. The van der Waals surface area contributed by atoms with E-state index in [1.807, 2.05) is 28.9 Å². The summed E-state index contributed by atoms with van der Waals surface area (Å²) in [5.41, 5.74) is 0.985. The second kappa shape index (κ2) is 6.99. The minimum Gasteiger partial charge on any atom is -0.496 e. The highest BCUT2D eigenvalue weighted by molar-refractivity contribution is 7.99. The summed E-state index contributed by atoms with van der Waals surface area (Å²) >= 11 is 1.38. The topological polar surface area (TPSA) is 73.1 Å². The zero-order valence-electron chi connectivity index (χ0n) is 13.2. The SMILES string of the molecule is COc1ccccc1CN(C)C(=O)CSc1nnnn1C1CC1. The Morgan fingerprint density at radius 1 is 1.43 bits per heavy atom. The summed E-state index contributed by atoms with van der Waals surface area (Å²) in [6.45, 7) is 0.511. The second-order valence-electron chi connectivity index (χ2n) is 5.49. The van der Waals surface area contributed by atoms with Gasteiger partial charge in [-0.15, -0.1) is 5.10 Å². The molecule has 1 fully saturated rings. The molecule has 1 heterocycles. The Bertz CT molecular complexity index is 686. The van der Waals surface area contributed by atoms with Crippen LogP contribution in [0.15, 0.2) is 29.4 Å². The summed E-state index contributed by atoms with van der Waals surface area (Å²) in [5, 5.41) is 12.4. The number of benzene rings is 1. The predicted molar refractivity (Wildman–Crippen MR) is 86.3 cm³/mol. The van der Waals surface area contributed by atoms with E-state index < -0.39 is 0 Å². The number of amides is 1. The predicted octanol–water partition coefficient (Wildman–Crippen LogP) is 1.77. The van der Waals surface area contributed by atoms with Gasteiger partial charge in [0.15, 0.2) is 0 Å². The van der Waals surface area contributed by atoms with Crippen molar-refractivity contribution in [3.63, 3.8) is 0 Å². The second-order valence-corrected chi connectivity index (χ2v) is 6.43. The zero-order chi connectivity index (χ0) is 16.2. The van der Waals surface area contributed by atoms with E-state index in [-0.39, 0.29) is 5.91 Å². The van der Waals surface area contributed by atoms with E-state index in [1.165, 1.54) is 11.8 Å². The van der Waals surface area contributed by atoms with Crippen molar-refractivity contribution in [1.82, 2.24) is 25.1 Å². The lowest BCUT2D eigenvalue weighted by atomic mass is 10.2. The van der Waals surface area contributed by atoms with E-state index in [2.05, 4.69) is 15.5 Å². The lowest BCUT2D eigenvalue weighted by molar-refractivity contribution is -0.127. The van der Waals surface area contributed by atoms with Crippen LogP contribution in [-0.2, 0) is 11.3 Å². The molecule has 1 aliphatic rings. The summed E-state index contributed by atoms with van der Waals surface area (Å²) in [6.07, 6.45) is 2.22. The van der Waals surface area contributed by atoms with E-state index in [1.54, 1.807) is 19.1 Å². The van der Waals surface area contributed by atoms with Gasteiger partial charge in [-0.25, -0.2) is 4.68 Å². The third-order valence-electron chi connectivity index (χ3n) is 3.71. The number of aromatic nitrogens is 4. The minimum absolute atomic E-state index is 0.0336. The van der Waals surface area contributed by atoms with Crippen LogP contribution in [0.2, 0.25) is 0 Å². The van der Waals surface area contributed by atoms with Gasteiger partial charge in [-0.05, 0) is 29.3 Å². The van der Waals surface area contributed by atoms with Crippen LogP contribution in [0.4, 0.5) is 0 Å². The number of nitrogens with zero attached hydrogens (tertiary/aromatic N) is 5. The van der Waals surface area contributed by atoms with Crippen LogP contribution in [0.25, 0.3) is 0 Å². The molecule has 23 heavy (non-hydrogen) atoms. The van der Waals surface area contributed by atoms with Crippen molar-refractivity contribution in [2.45, 2.75) is 30.6 Å². The van der Waals surface area contributed by atoms with Gasteiger partial charge >= 0.3 is 0 Å². The van der Waals surface area contributed by atoms with Crippen LogP contribution in [0.3, 0.4) is 0 Å².